The normalized spacial score (nSPS) is 18.9. The first kappa shape index (κ1) is 26.4. The number of rotatable bonds is 6. The largest absolute Gasteiger partial charge is 0.147 e. The summed E-state index contributed by atoms with van der Waals surface area (Å²) in [6.07, 6.45) is 7.11. The molecule has 0 aromatic rings. The molecular formula is C22H36Cl2SiZr. The molecule has 0 nitrogen and oxygen atoms in total. The summed E-state index contributed by atoms with van der Waals surface area (Å²) < 4.78 is 3.59. The molecule has 0 unspecified atom stereocenters. The summed E-state index contributed by atoms with van der Waals surface area (Å²) in [5.41, 5.74) is 8.09. The molecule has 0 amide bonds. The molecule has 0 heterocycles. The van der Waals surface area contributed by atoms with E-state index in [4.69, 9.17) is 0 Å². The van der Waals surface area contributed by atoms with Crippen LogP contribution in [0.5, 0.6) is 0 Å². The Morgan fingerprint density at radius 3 is 2.15 bits per heavy atom. The fourth-order valence-electron chi connectivity index (χ4n) is 3.92. The smallest absolute Gasteiger partial charge is 0.147 e. The second-order valence-electron chi connectivity index (χ2n) is 9.27. The molecule has 0 aliphatic heterocycles. The van der Waals surface area contributed by atoms with Gasteiger partial charge in [0.1, 0.15) is 0 Å². The van der Waals surface area contributed by atoms with E-state index < -0.39 is 31.3 Å². The van der Waals surface area contributed by atoms with Crippen LogP contribution < -0.4 is 0 Å². The molecule has 2 aliphatic rings. The fourth-order valence-corrected chi connectivity index (χ4v) is 9.80. The van der Waals surface area contributed by atoms with Gasteiger partial charge in [0.15, 0.2) is 0 Å². The van der Waals surface area contributed by atoms with E-state index in [1.165, 1.54) is 18.0 Å². The van der Waals surface area contributed by atoms with E-state index in [1.807, 2.05) is 0 Å². The average Bonchev–Trinajstić information content (AvgIpc) is 2.91. The minimum absolute atomic E-state index is 0. The Bertz CT molecular complexity index is 685. The van der Waals surface area contributed by atoms with Gasteiger partial charge in [-0.2, -0.15) is 0 Å². The van der Waals surface area contributed by atoms with Crippen LogP contribution >= 0.6 is 24.8 Å². The maximum Gasteiger partial charge on any atom is -0.147 e. The monoisotopic (exact) mass is 488 g/mol. The predicted octanol–water partition coefficient (Wildman–Crippen LogP) is 8.06. The van der Waals surface area contributed by atoms with Crippen molar-refractivity contribution in [3.63, 3.8) is 0 Å². The van der Waals surface area contributed by atoms with Gasteiger partial charge in [-0.1, -0.05) is 0 Å². The van der Waals surface area contributed by atoms with Gasteiger partial charge in [0, 0.05) is 0 Å². The Morgan fingerprint density at radius 1 is 1.12 bits per heavy atom. The molecule has 26 heavy (non-hydrogen) atoms. The van der Waals surface area contributed by atoms with Crippen LogP contribution in [0.1, 0.15) is 47.5 Å². The van der Waals surface area contributed by atoms with Gasteiger partial charge in [0.2, 0.25) is 0 Å². The predicted molar refractivity (Wildman–Crippen MR) is 122 cm³/mol. The zero-order chi connectivity index (χ0) is 18.3. The van der Waals surface area contributed by atoms with Gasteiger partial charge in [0.25, 0.3) is 0 Å². The van der Waals surface area contributed by atoms with Gasteiger partial charge in [-0.15, -0.1) is 24.8 Å². The fraction of sp³-hybridized carbons (Fsp3) is 0.545. The van der Waals surface area contributed by atoms with Crippen LogP contribution in [0.25, 0.3) is 0 Å². The van der Waals surface area contributed by atoms with E-state index in [9.17, 15) is 0 Å². The van der Waals surface area contributed by atoms with E-state index in [2.05, 4.69) is 73.0 Å². The quantitative estimate of drug-likeness (QED) is 0.261. The van der Waals surface area contributed by atoms with E-state index in [0.29, 0.717) is 0 Å². The van der Waals surface area contributed by atoms with Crippen molar-refractivity contribution >= 4 is 32.9 Å². The van der Waals surface area contributed by atoms with Crippen molar-refractivity contribution in [3.8, 4) is 0 Å². The topological polar surface area (TPSA) is 0 Å². The van der Waals surface area contributed by atoms with Crippen molar-refractivity contribution in [1.82, 2.24) is 0 Å². The summed E-state index contributed by atoms with van der Waals surface area (Å²) in [5.74, 6) is 0. The average molecular weight is 491 g/mol. The summed E-state index contributed by atoms with van der Waals surface area (Å²) in [5, 5.41) is 0. The molecule has 0 bridgehead atoms. The molecule has 0 fully saturated rings. The zero-order valence-electron chi connectivity index (χ0n) is 17.8. The third-order valence-corrected chi connectivity index (χ3v) is 12.3. The molecule has 2 rings (SSSR count). The van der Waals surface area contributed by atoms with Crippen molar-refractivity contribution in [2.24, 2.45) is 5.41 Å². The molecule has 0 saturated carbocycles. The summed E-state index contributed by atoms with van der Waals surface area (Å²) >= 11 is -0.692. The summed E-state index contributed by atoms with van der Waals surface area (Å²) in [6, 6.07) is 1.26. The maximum absolute atomic E-state index is 4.40. The van der Waals surface area contributed by atoms with Crippen molar-refractivity contribution in [2.75, 3.05) is 0 Å². The molecule has 0 saturated heterocycles. The first-order chi connectivity index (χ1) is 10.9. The van der Waals surface area contributed by atoms with Gasteiger partial charge < -0.3 is 0 Å². The Morgan fingerprint density at radius 2 is 1.69 bits per heavy atom. The van der Waals surface area contributed by atoms with Crippen LogP contribution in [-0.4, -0.2) is 8.07 Å². The van der Waals surface area contributed by atoms with E-state index >= 15 is 0 Å². The standard InChI is InChI=1S/C12H19Si.C10H15.2ClH.Zr/c1-11(10-13(2,3)4)9-12-7-5-6-8-12;1-7-6-10(4,5)9(3)8(7)2;;;/h5,7H,1,6,9-10H2,2-4H3;1-5H3;2*1H;. The Hall–Kier alpha value is 0.380. The summed E-state index contributed by atoms with van der Waals surface area (Å²) in [4.78, 5) is 0. The van der Waals surface area contributed by atoms with Crippen molar-refractivity contribution in [3.05, 3.63) is 53.2 Å². The minimum Gasteiger partial charge on any atom is -0.147 e. The summed E-state index contributed by atoms with van der Waals surface area (Å²) in [6.45, 7) is 23.6. The first-order valence-electron chi connectivity index (χ1n) is 9.15. The molecule has 0 aromatic carbocycles. The Balaban J connectivity index is 0.00000312. The van der Waals surface area contributed by atoms with Gasteiger partial charge in [-0.25, -0.2) is 0 Å². The number of hydrogen-bond acceptors (Lipinski definition) is 0. The Kier molecular flexibility index (Phi) is 9.87. The Labute approximate surface area is 186 Å². The van der Waals surface area contributed by atoms with Crippen LogP contribution in [0, 0.1) is 5.41 Å². The number of hydrogen-bond donors (Lipinski definition) is 0. The van der Waals surface area contributed by atoms with Gasteiger partial charge in [0.05, 0.1) is 0 Å². The number of allylic oxidation sites excluding steroid dienone is 9. The second-order valence-corrected chi connectivity index (χ2v) is 18.1. The minimum atomic E-state index is -1.05. The molecule has 146 valence electrons. The molecule has 0 aromatic heterocycles. The first-order valence-corrected chi connectivity index (χ1v) is 15.3. The van der Waals surface area contributed by atoms with Crippen molar-refractivity contribution in [2.45, 2.75) is 73.1 Å². The zero-order valence-corrected chi connectivity index (χ0v) is 22.9. The van der Waals surface area contributed by atoms with E-state index in [0.717, 1.165) is 6.42 Å². The van der Waals surface area contributed by atoms with Gasteiger partial charge in [-0.05, 0) is 0 Å². The van der Waals surface area contributed by atoms with Crippen LogP contribution in [0.15, 0.2) is 53.2 Å². The molecule has 2 aliphatic carbocycles. The molecule has 0 spiro atoms. The summed E-state index contributed by atoms with van der Waals surface area (Å²) in [7, 11) is -1.05. The maximum atomic E-state index is 4.40. The second kappa shape index (κ2) is 9.73. The molecular weight excluding hydrogens is 454 g/mol. The van der Waals surface area contributed by atoms with Crippen LogP contribution in [0.2, 0.25) is 25.7 Å². The molecule has 0 atom stereocenters. The molecule has 0 N–H and O–H groups in total. The van der Waals surface area contributed by atoms with Crippen LogP contribution in [0.3, 0.4) is 0 Å². The molecule has 0 radical (unpaired) electrons. The van der Waals surface area contributed by atoms with Crippen LogP contribution in [-0.2, 0) is 23.2 Å². The van der Waals surface area contributed by atoms with Crippen molar-refractivity contribution in [1.29, 1.82) is 0 Å². The van der Waals surface area contributed by atoms with Crippen LogP contribution in [0.4, 0.5) is 0 Å². The molecule has 4 heteroatoms. The third kappa shape index (κ3) is 5.94. The third-order valence-electron chi connectivity index (χ3n) is 5.59. The SMILES string of the molecule is C=C(CC1=[C]([Zr][C]2=C(C)C(C)=C(C)C2(C)C)CC=C1)C[Si](C)(C)C.Cl.Cl. The van der Waals surface area contributed by atoms with Gasteiger partial charge >= 0.3 is 163 Å². The van der Waals surface area contributed by atoms with Gasteiger partial charge in [-0.3, -0.25) is 0 Å². The van der Waals surface area contributed by atoms with E-state index in [-0.39, 0.29) is 30.2 Å². The van der Waals surface area contributed by atoms with E-state index in [1.54, 1.807) is 28.9 Å². The van der Waals surface area contributed by atoms with Crippen molar-refractivity contribution < 1.29 is 23.2 Å². The number of halogens is 2.